The molecular weight excluding hydrogens is 404 g/mol. The number of amides is 1. The fourth-order valence-electron chi connectivity index (χ4n) is 3.89. The third-order valence-electron chi connectivity index (χ3n) is 5.56. The number of aromatic nitrogens is 1. The summed E-state index contributed by atoms with van der Waals surface area (Å²) < 4.78 is 32.4. The Morgan fingerprint density at radius 1 is 1.10 bits per heavy atom. The highest BCUT2D eigenvalue weighted by atomic mass is 19.1. The van der Waals surface area contributed by atoms with E-state index in [9.17, 15) is 18.4 Å². The molecule has 0 atom stereocenters. The van der Waals surface area contributed by atoms with Crippen LogP contribution in [0.15, 0.2) is 36.5 Å². The van der Waals surface area contributed by atoms with Gasteiger partial charge in [-0.05, 0) is 68.4 Å². The molecule has 0 unspecified atom stereocenters. The van der Waals surface area contributed by atoms with E-state index in [1.165, 1.54) is 24.3 Å². The van der Waals surface area contributed by atoms with Crippen LogP contribution in [0.25, 0.3) is 0 Å². The number of ketones is 1. The van der Waals surface area contributed by atoms with Crippen molar-refractivity contribution in [1.29, 1.82) is 0 Å². The Kier molecular flexibility index (Phi) is 8.06. The molecule has 1 aromatic heterocycles. The van der Waals surface area contributed by atoms with E-state index in [2.05, 4.69) is 10.3 Å². The standard InChI is InChI=1S/C23H27F2N3O3/c24-16-6-10-19(11-7-16)31-23-20(12-17(25)14-27-23)21(29)3-1-2-15-4-8-18(9-5-15)28-22(30)13-26/h6-7,10-12,14-15,18H,1-5,8-9,13,26H2,(H,28,30). The van der Waals surface area contributed by atoms with Gasteiger partial charge >= 0.3 is 0 Å². The van der Waals surface area contributed by atoms with Gasteiger partial charge in [-0.15, -0.1) is 0 Å². The van der Waals surface area contributed by atoms with E-state index in [1.54, 1.807) is 0 Å². The molecule has 1 aliphatic rings. The first kappa shape index (κ1) is 22.8. The SMILES string of the molecule is NCC(=O)NC1CCC(CCCC(=O)c2cc(F)cnc2Oc2ccc(F)cc2)CC1. The Morgan fingerprint density at radius 3 is 2.48 bits per heavy atom. The molecule has 1 heterocycles. The number of carbonyl (C=O) groups excluding carboxylic acids is 2. The first-order valence-corrected chi connectivity index (χ1v) is 10.6. The minimum Gasteiger partial charge on any atom is -0.438 e. The summed E-state index contributed by atoms with van der Waals surface area (Å²) in [6.45, 7) is 0.00381. The summed E-state index contributed by atoms with van der Waals surface area (Å²) in [5, 5.41) is 2.92. The van der Waals surface area contributed by atoms with Gasteiger partial charge in [0.05, 0.1) is 18.3 Å². The van der Waals surface area contributed by atoms with Crippen molar-refractivity contribution in [3.63, 3.8) is 0 Å². The quantitative estimate of drug-likeness (QED) is 0.582. The average molecular weight is 431 g/mol. The maximum absolute atomic E-state index is 13.7. The van der Waals surface area contributed by atoms with E-state index in [-0.39, 0.29) is 42.1 Å². The maximum atomic E-state index is 13.7. The van der Waals surface area contributed by atoms with Gasteiger partial charge in [-0.3, -0.25) is 9.59 Å². The lowest BCUT2D eigenvalue weighted by molar-refractivity contribution is -0.120. The van der Waals surface area contributed by atoms with Gasteiger partial charge in [0.15, 0.2) is 5.78 Å². The predicted molar refractivity (Wildman–Crippen MR) is 112 cm³/mol. The number of nitrogens with zero attached hydrogens (tertiary/aromatic N) is 1. The van der Waals surface area contributed by atoms with E-state index < -0.39 is 11.6 Å². The first-order chi connectivity index (χ1) is 14.9. The largest absolute Gasteiger partial charge is 0.438 e. The summed E-state index contributed by atoms with van der Waals surface area (Å²) >= 11 is 0. The highest BCUT2D eigenvalue weighted by Gasteiger charge is 2.23. The third kappa shape index (κ3) is 6.82. The van der Waals surface area contributed by atoms with Crippen molar-refractivity contribution >= 4 is 11.7 Å². The van der Waals surface area contributed by atoms with E-state index >= 15 is 0 Å². The number of halogens is 2. The minimum atomic E-state index is -0.618. The number of pyridine rings is 1. The van der Waals surface area contributed by atoms with Gasteiger partial charge < -0.3 is 15.8 Å². The number of ether oxygens (including phenoxy) is 1. The van der Waals surface area contributed by atoms with Crippen molar-refractivity contribution in [3.05, 3.63) is 53.7 Å². The molecule has 1 saturated carbocycles. The van der Waals surface area contributed by atoms with E-state index in [0.717, 1.165) is 44.4 Å². The second-order valence-electron chi connectivity index (χ2n) is 7.87. The number of hydrogen-bond acceptors (Lipinski definition) is 5. The van der Waals surface area contributed by atoms with Crippen LogP contribution in [0.3, 0.4) is 0 Å². The fraction of sp³-hybridized carbons (Fsp3) is 0.435. The Balaban J connectivity index is 1.51. The van der Waals surface area contributed by atoms with Gasteiger partial charge in [0.1, 0.15) is 17.4 Å². The van der Waals surface area contributed by atoms with Crippen molar-refractivity contribution in [3.8, 4) is 11.6 Å². The minimum absolute atomic E-state index is 0.00381. The van der Waals surface area contributed by atoms with Gasteiger partial charge in [-0.1, -0.05) is 6.42 Å². The fourth-order valence-corrected chi connectivity index (χ4v) is 3.89. The van der Waals surface area contributed by atoms with Crippen molar-refractivity contribution in [2.75, 3.05) is 6.54 Å². The molecule has 31 heavy (non-hydrogen) atoms. The van der Waals surface area contributed by atoms with E-state index in [4.69, 9.17) is 10.5 Å². The van der Waals surface area contributed by atoms with Crippen LogP contribution in [-0.2, 0) is 4.79 Å². The molecule has 0 bridgehead atoms. The molecule has 0 saturated heterocycles. The molecule has 8 heteroatoms. The van der Waals surface area contributed by atoms with Crippen LogP contribution < -0.4 is 15.8 Å². The van der Waals surface area contributed by atoms with Gasteiger partial charge in [0, 0.05) is 12.5 Å². The number of nitrogens with two attached hydrogens (primary N) is 1. The summed E-state index contributed by atoms with van der Waals surface area (Å²) in [7, 11) is 0. The monoisotopic (exact) mass is 431 g/mol. The van der Waals surface area contributed by atoms with Crippen LogP contribution in [0.2, 0.25) is 0 Å². The van der Waals surface area contributed by atoms with Crippen LogP contribution >= 0.6 is 0 Å². The van der Waals surface area contributed by atoms with E-state index in [0.29, 0.717) is 18.1 Å². The Bertz CT molecular complexity index is 897. The second kappa shape index (κ2) is 10.9. The number of Topliss-reactive ketones (excluding diaryl/α,β-unsaturated/α-hetero) is 1. The summed E-state index contributed by atoms with van der Waals surface area (Å²) in [5.41, 5.74) is 5.41. The molecule has 0 radical (unpaired) electrons. The van der Waals surface area contributed by atoms with Gasteiger partial charge in [0.2, 0.25) is 11.8 Å². The Labute approximate surface area is 180 Å². The molecule has 0 spiro atoms. The summed E-state index contributed by atoms with van der Waals surface area (Å²) in [6.07, 6.45) is 6.61. The lowest BCUT2D eigenvalue weighted by Crippen LogP contribution is -2.40. The lowest BCUT2D eigenvalue weighted by Gasteiger charge is -2.29. The summed E-state index contributed by atoms with van der Waals surface area (Å²) in [4.78, 5) is 28.0. The predicted octanol–water partition coefficient (Wildman–Crippen LogP) is 4.14. The van der Waals surface area contributed by atoms with E-state index in [1.807, 2.05) is 0 Å². The van der Waals surface area contributed by atoms with Gasteiger partial charge in [-0.25, -0.2) is 13.8 Å². The molecular formula is C23H27F2N3O3. The highest BCUT2D eigenvalue weighted by molar-refractivity contribution is 5.98. The summed E-state index contributed by atoms with van der Waals surface area (Å²) in [5.74, 6) is -0.579. The first-order valence-electron chi connectivity index (χ1n) is 10.6. The van der Waals surface area contributed by atoms with Crippen molar-refractivity contribution < 1.29 is 23.1 Å². The second-order valence-corrected chi connectivity index (χ2v) is 7.87. The number of nitrogens with one attached hydrogen (secondary N) is 1. The zero-order valence-electron chi connectivity index (χ0n) is 17.3. The van der Waals surface area contributed by atoms with Crippen LogP contribution in [-0.4, -0.2) is 29.3 Å². The molecule has 6 nitrogen and oxygen atoms in total. The van der Waals surface area contributed by atoms with Gasteiger partial charge in [-0.2, -0.15) is 0 Å². The van der Waals surface area contributed by atoms with Crippen molar-refractivity contribution in [2.45, 2.75) is 51.0 Å². The maximum Gasteiger partial charge on any atom is 0.233 e. The molecule has 1 aliphatic carbocycles. The molecule has 3 rings (SSSR count). The molecule has 1 amide bonds. The van der Waals surface area contributed by atoms with Crippen LogP contribution in [0.1, 0.15) is 55.3 Å². The number of benzene rings is 1. The molecule has 1 fully saturated rings. The van der Waals surface area contributed by atoms with Crippen LogP contribution in [0.5, 0.6) is 11.6 Å². The normalized spacial score (nSPS) is 18.4. The third-order valence-corrected chi connectivity index (χ3v) is 5.56. The lowest BCUT2D eigenvalue weighted by atomic mass is 9.83. The molecule has 0 aliphatic heterocycles. The van der Waals surface area contributed by atoms with Crippen molar-refractivity contribution in [2.24, 2.45) is 11.7 Å². The number of rotatable bonds is 9. The molecule has 2 aromatic rings. The zero-order chi connectivity index (χ0) is 22.2. The number of hydrogen-bond donors (Lipinski definition) is 2. The Morgan fingerprint density at radius 2 is 1.81 bits per heavy atom. The Hall–Kier alpha value is -2.87. The average Bonchev–Trinajstić information content (AvgIpc) is 2.77. The number of carbonyl (C=O) groups is 2. The highest BCUT2D eigenvalue weighted by Crippen LogP contribution is 2.30. The molecule has 166 valence electrons. The topological polar surface area (TPSA) is 94.3 Å². The molecule has 1 aromatic carbocycles. The van der Waals surface area contributed by atoms with Crippen LogP contribution in [0, 0.1) is 17.6 Å². The van der Waals surface area contributed by atoms with Crippen molar-refractivity contribution in [1.82, 2.24) is 10.3 Å². The van der Waals surface area contributed by atoms with Gasteiger partial charge in [0.25, 0.3) is 0 Å². The van der Waals surface area contributed by atoms with Crippen LogP contribution in [0.4, 0.5) is 8.78 Å². The molecule has 3 N–H and O–H groups in total. The zero-order valence-corrected chi connectivity index (χ0v) is 17.3. The summed E-state index contributed by atoms with van der Waals surface area (Å²) in [6, 6.07) is 6.60. The smallest absolute Gasteiger partial charge is 0.233 e.